The number of carbonyl (C=O) groups excluding carboxylic acids is 1. The van der Waals surface area contributed by atoms with Gasteiger partial charge in [-0.2, -0.15) is 0 Å². The van der Waals surface area contributed by atoms with Gasteiger partial charge in [0.05, 0.1) is 6.61 Å². The number of esters is 1. The highest BCUT2D eigenvalue weighted by atomic mass is 127. The molecule has 0 spiro atoms. The molecule has 3 heteroatoms. The molecule has 168 valence electrons. The minimum Gasteiger partial charge on any atom is -0.465 e. The van der Waals surface area contributed by atoms with Gasteiger partial charge in [0, 0.05) is 0 Å². The monoisotopic (exact) mass is 508 g/mol. The Morgan fingerprint density at radius 3 is 1.32 bits per heavy atom. The van der Waals surface area contributed by atoms with Gasteiger partial charge in [0.15, 0.2) is 0 Å². The van der Waals surface area contributed by atoms with E-state index < -0.39 is 0 Å². The Hall–Kier alpha value is 0.200. The van der Waals surface area contributed by atoms with Crippen LogP contribution in [0.1, 0.15) is 142 Å². The molecular formula is C25H49IO2. The first kappa shape index (κ1) is 28.2. The number of unbranched alkanes of at least 4 members (excludes halogenated alkanes) is 17. The molecule has 0 amide bonds. The maximum absolute atomic E-state index is 11.7. The van der Waals surface area contributed by atoms with Crippen LogP contribution in [0.3, 0.4) is 0 Å². The molecule has 1 unspecified atom stereocenters. The lowest BCUT2D eigenvalue weighted by Gasteiger charge is -2.09. The number of alkyl halides is 1. The van der Waals surface area contributed by atoms with Gasteiger partial charge >= 0.3 is 5.97 Å². The molecule has 0 saturated heterocycles. The highest BCUT2D eigenvalue weighted by molar-refractivity contribution is 14.1. The summed E-state index contributed by atoms with van der Waals surface area (Å²) in [6.07, 6.45) is 26.9. The Balaban J connectivity index is 3.11. The van der Waals surface area contributed by atoms with Gasteiger partial charge in [0.2, 0.25) is 0 Å². The standard InChI is InChI=1S/C25H49IO2/c1-3-5-6-7-8-9-10-11-12-13-14-15-16-17-18-19-20-21-23-28-25(27)24(26)22-4-2/h24H,3-23H2,1-2H3. The molecule has 1 atom stereocenters. The molecule has 0 radical (unpaired) electrons. The molecular weight excluding hydrogens is 459 g/mol. The molecule has 0 saturated carbocycles. The van der Waals surface area contributed by atoms with Crippen LogP contribution in [-0.4, -0.2) is 16.5 Å². The topological polar surface area (TPSA) is 26.3 Å². The van der Waals surface area contributed by atoms with Crippen LogP contribution in [0.4, 0.5) is 0 Å². The van der Waals surface area contributed by atoms with Crippen molar-refractivity contribution in [3.63, 3.8) is 0 Å². The molecule has 0 aromatic carbocycles. The van der Waals surface area contributed by atoms with Gasteiger partial charge < -0.3 is 4.74 Å². The van der Waals surface area contributed by atoms with E-state index in [1.54, 1.807) is 0 Å². The fraction of sp³-hybridized carbons (Fsp3) is 0.960. The van der Waals surface area contributed by atoms with Crippen LogP contribution in [0, 0.1) is 0 Å². The molecule has 0 bridgehead atoms. The minimum absolute atomic E-state index is 0.0191. The van der Waals surface area contributed by atoms with Crippen LogP contribution in [0.5, 0.6) is 0 Å². The first-order chi connectivity index (χ1) is 13.7. The maximum atomic E-state index is 11.7. The smallest absolute Gasteiger partial charge is 0.318 e. The second-order valence-electron chi connectivity index (χ2n) is 8.43. The third kappa shape index (κ3) is 20.9. The summed E-state index contributed by atoms with van der Waals surface area (Å²) in [4.78, 5) is 11.7. The Kier molecular flexibility index (Phi) is 23.6. The maximum Gasteiger partial charge on any atom is 0.318 e. The van der Waals surface area contributed by atoms with Gasteiger partial charge in [-0.3, -0.25) is 4.79 Å². The van der Waals surface area contributed by atoms with E-state index in [0.717, 1.165) is 19.3 Å². The molecule has 0 aliphatic heterocycles. The number of rotatable bonds is 22. The van der Waals surface area contributed by atoms with Crippen molar-refractivity contribution in [1.29, 1.82) is 0 Å². The molecule has 0 aliphatic carbocycles. The molecule has 0 N–H and O–H groups in total. The van der Waals surface area contributed by atoms with Crippen molar-refractivity contribution < 1.29 is 9.53 Å². The van der Waals surface area contributed by atoms with Crippen LogP contribution in [0.2, 0.25) is 0 Å². The molecule has 0 heterocycles. The van der Waals surface area contributed by atoms with Gasteiger partial charge in [0.1, 0.15) is 3.92 Å². The van der Waals surface area contributed by atoms with Crippen molar-refractivity contribution in [3.05, 3.63) is 0 Å². The fourth-order valence-corrected chi connectivity index (χ4v) is 4.44. The van der Waals surface area contributed by atoms with Gasteiger partial charge in [-0.15, -0.1) is 0 Å². The van der Waals surface area contributed by atoms with Gasteiger partial charge in [-0.1, -0.05) is 152 Å². The summed E-state index contributed by atoms with van der Waals surface area (Å²) in [6.45, 7) is 5.01. The normalized spacial score (nSPS) is 12.2. The van der Waals surface area contributed by atoms with E-state index in [1.165, 1.54) is 109 Å². The van der Waals surface area contributed by atoms with Crippen molar-refractivity contribution >= 4 is 28.6 Å². The number of ether oxygens (including phenoxy) is 1. The quantitative estimate of drug-likeness (QED) is 0.0631. The van der Waals surface area contributed by atoms with Crippen molar-refractivity contribution in [3.8, 4) is 0 Å². The van der Waals surface area contributed by atoms with E-state index in [1.807, 2.05) is 0 Å². The fourth-order valence-electron chi connectivity index (χ4n) is 3.64. The Labute approximate surface area is 190 Å². The van der Waals surface area contributed by atoms with Crippen LogP contribution < -0.4 is 0 Å². The van der Waals surface area contributed by atoms with Crippen LogP contribution in [0.15, 0.2) is 0 Å². The van der Waals surface area contributed by atoms with E-state index in [9.17, 15) is 4.79 Å². The molecule has 0 aromatic rings. The average Bonchev–Trinajstić information content (AvgIpc) is 2.69. The van der Waals surface area contributed by atoms with Crippen LogP contribution in [0.25, 0.3) is 0 Å². The van der Waals surface area contributed by atoms with E-state index >= 15 is 0 Å². The molecule has 28 heavy (non-hydrogen) atoms. The molecule has 0 aromatic heterocycles. The van der Waals surface area contributed by atoms with Crippen molar-refractivity contribution in [2.24, 2.45) is 0 Å². The predicted molar refractivity (Wildman–Crippen MR) is 132 cm³/mol. The van der Waals surface area contributed by atoms with Gasteiger partial charge in [0.25, 0.3) is 0 Å². The van der Waals surface area contributed by atoms with E-state index in [0.29, 0.717) is 6.61 Å². The summed E-state index contributed by atoms with van der Waals surface area (Å²) >= 11 is 2.20. The van der Waals surface area contributed by atoms with E-state index in [-0.39, 0.29) is 9.89 Å². The largest absolute Gasteiger partial charge is 0.465 e. The Bertz CT molecular complexity index is 320. The second kappa shape index (κ2) is 23.5. The number of carbonyl (C=O) groups is 1. The Morgan fingerprint density at radius 1 is 0.607 bits per heavy atom. The summed E-state index contributed by atoms with van der Waals surface area (Å²) < 4.78 is 5.38. The molecule has 0 fully saturated rings. The summed E-state index contributed by atoms with van der Waals surface area (Å²) in [5.41, 5.74) is 0. The number of hydrogen-bond acceptors (Lipinski definition) is 2. The Morgan fingerprint density at radius 2 is 0.964 bits per heavy atom. The van der Waals surface area contributed by atoms with Crippen LogP contribution in [-0.2, 0) is 9.53 Å². The van der Waals surface area contributed by atoms with E-state index in [4.69, 9.17) is 4.74 Å². The second-order valence-corrected chi connectivity index (χ2v) is 9.94. The lowest BCUT2D eigenvalue weighted by molar-refractivity contribution is -0.142. The summed E-state index contributed by atoms with van der Waals surface area (Å²) in [6, 6.07) is 0. The van der Waals surface area contributed by atoms with Crippen LogP contribution >= 0.6 is 22.6 Å². The zero-order chi connectivity index (χ0) is 20.7. The zero-order valence-electron chi connectivity index (χ0n) is 19.1. The third-order valence-corrected chi connectivity index (χ3v) is 6.67. The van der Waals surface area contributed by atoms with Crippen molar-refractivity contribution in [1.82, 2.24) is 0 Å². The van der Waals surface area contributed by atoms with Gasteiger partial charge in [-0.25, -0.2) is 0 Å². The van der Waals surface area contributed by atoms with Crippen molar-refractivity contribution in [2.75, 3.05) is 6.61 Å². The first-order valence-electron chi connectivity index (χ1n) is 12.5. The first-order valence-corrected chi connectivity index (χ1v) is 13.8. The minimum atomic E-state index is -0.0191. The third-order valence-electron chi connectivity index (χ3n) is 5.54. The average molecular weight is 509 g/mol. The zero-order valence-corrected chi connectivity index (χ0v) is 21.3. The highest BCUT2D eigenvalue weighted by Crippen LogP contribution is 2.15. The highest BCUT2D eigenvalue weighted by Gasteiger charge is 2.14. The number of halogens is 1. The van der Waals surface area contributed by atoms with E-state index in [2.05, 4.69) is 36.4 Å². The SMILES string of the molecule is CCCCCCCCCCCCCCCCCCCCOC(=O)C(I)CCC. The molecule has 0 aliphatic rings. The van der Waals surface area contributed by atoms with Crippen molar-refractivity contribution in [2.45, 2.75) is 146 Å². The lowest BCUT2D eigenvalue weighted by Crippen LogP contribution is -2.17. The predicted octanol–water partition coefficient (Wildman–Crippen LogP) is 9.18. The number of hydrogen-bond donors (Lipinski definition) is 0. The molecule has 2 nitrogen and oxygen atoms in total. The molecule has 0 rings (SSSR count). The summed E-state index contributed by atoms with van der Waals surface area (Å²) in [7, 11) is 0. The summed E-state index contributed by atoms with van der Waals surface area (Å²) in [5.74, 6) is -0.0191. The van der Waals surface area contributed by atoms with Gasteiger partial charge in [-0.05, 0) is 12.8 Å². The lowest BCUT2D eigenvalue weighted by atomic mass is 10.0. The summed E-state index contributed by atoms with van der Waals surface area (Å²) in [5, 5.41) is 0.